The second kappa shape index (κ2) is 45.3. The number of aromatic nitrogens is 14. The number of hydrogen-bond acceptors (Lipinski definition) is 20. The van der Waals surface area contributed by atoms with Crippen LogP contribution in [0.15, 0.2) is 357 Å². The Labute approximate surface area is 782 Å². The number of anilines is 5. The summed E-state index contributed by atoms with van der Waals surface area (Å²) in [5.41, 5.74) is 8.79. The first-order valence-corrected chi connectivity index (χ1v) is 50.5. The Morgan fingerprint density at radius 3 is 1.24 bits per heavy atom. The van der Waals surface area contributed by atoms with Crippen LogP contribution in [0.1, 0.15) is 11.1 Å². The molecule has 0 aliphatic rings. The Morgan fingerprint density at radius 1 is 0.445 bits per heavy atom. The van der Waals surface area contributed by atoms with Gasteiger partial charge < -0.3 is 36.3 Å². The molecule has 0 aliphatic heterocycles. The molecule has 0 saturated heterocycles. The van der Waals surface area contributed by atoms with Crippen molar-refractivity contribution in [2.75, 3.05) is 42.4 Å². The van der Waals surface area contributed by atoms with Gasteiger partial charge in [-0.15, -0.1) is 0 Å². The number of benzene rings is 9. The fourth-order valence-electron chi connectivity index (χ4n) is 13.3. The van der Waals surface area contributed by atoms with Gasteiger partial charge >= 0.3 is 42.1 Å². The van der Waals surface area contributed by atoms with Gasteiger partial charge in [0, 0.05) is 119 Å². The molecule has 19 aromatic rings. The number of hydrogen-bond donors (Lipinski definition) is 8. The van der Waals surface area contributed by atoms with Crippen LogP contribution in [-0.2, 0) is 36.0 Å². The van der Waals surface area contributed by atoms with Crippen LogP contribution >= 0.6 is 80.7 Å². The van der Waals surface area contributed by atoms with Gasteiger partial charge in [-0.1, -0.05) is 236 Å². The molecule has 10 heterocycles. The number of fused-ring (bicyclic) bond motifs is 4. The van der Waals surface area contributed by atoms with E-state index in [9.17, 15) is 16.8 Å². The third-order valence-electron chi connectivity index (χ3n) is 19.2. The van der Waals surface area contributed by atoms with Gasteiger partial charge in [-0.2, -0.15) is 25.0 Å². The van der Waals surface area contributed by atoms with E-state index in [0.717, 1.165) is 69.2 Å². The molecule has 8 N–H and O–H groups in total. The third kappa shape index (κ3) is 23.4. The van der Waals surface area contributed by atoms with Gasteiger partial charge in [0.05, 0.1) is 37.7 Å². The van der Waals surface area contributed by atoms with E-state index in [1.807, 2.05) is 69.7 Å². The summed E-state index contributed by atoms with van der Waals surface area (Å²) in [7, 11) is 4.91. The fraction of sp³-hybridized carbons (Fsp3) is 0.0538. The van der Waals surface area contributed by atoms with Crippen molar-refractivity contribution in [3.05, 3.63) is 372 Å². The summed E-state index contributed by atoms with van der Waals surface area (Å²) in [4.78, 5) is 41.5. The Balaban J connectivity index is 0.000000133. The van der Waals surface area contributed by atoms with E-state index in [4.69, 9.17) is 52.3 Å². The molecular formula is C93H80BCl4IN18O6P2PdS2. The van der Waals surface area contributed by atoms with E-state index in [0.29, 0.717) is 43.0 Å². The molecule has 0 radical (unpaired) electrons. The molecule has 0 aliphatic carbocycles. The van der Waals surface area contributed by atoms with Crippen molar-refractivity contribution in [2.45, 2.75) is 23.6 Å². The average molecular weight is 2060 g/mol. The van der Waals surface area contributed by atoms with E-state index < -0.39 is 43.0 Å². The first-order chi connectivity index (χ1) is 62.2. The normalized spacial score (nSPS) is 11.0. The van der Waals surface area contributed by atoms with Gasteiger partial charge in [-0.25, -0.2) is 34.7 Å². The van der Waals surface area contributed by atoms with Crippen LogP contribution in [0.2, 0.25) is 10.6 Å². The second-order valence-electron chi connectivity index (χ2n) is 27.6. The van der Waals surface area contributed by atoms with Gasteiger partial charge in [0.1, 0.15) is 23.1 Å². The maximum Gasteiger partial charge on any atom is -0.0134 e. The molecular weight excluding hydrogens is 1980 g/mol. The number of aromatic amines is 2. The monoisotopic (exact) mass is 2050 g/mol. The van der Waals surface area contributed by atoms with Crippen LogP contribution in [0.5, 0.6) is 0 Å². The van der Waals surface area contributed by atoms with Crippen molar-refractivity contribution in [1.29, 1.82) is 0 Å². The quantitative estimate of drug-likeness (QED) is 0.0171. The minimum atomic E-state index is -3.89. The summed E-state index contributed by atoms with van der Waals surface area (Å²) >= 11 is 13.9. The van der Waals surface area contributed by atoms with Crippen molar-refractivity contribution in [1.82, 2.24) is 68.0 Å². The molecule has 0 fully saturated rings. The van der Waals surface area contributed by atoms with Crippen molar-refractivity contribution < 1.29 is 42.8 Å². The molecule has 0 saturated carbocycles. The van der Waals surface area contributed by atoms with Gasteiger partial charge in [0.25, 0.3) is 20.0 Å². The number of aryl methyl sites for hydroxylation is 2. The summed E-state index contributed by atoms with van der Waals surface area (Å²) in [5.74, 6) is 2.17. The summed E-state index contributed by atoms with van der Waals surface area (Å²) in [6.07, 6.45) is 16.6. The number of nitrogens with zero attached hydrogens (tertiary/aromatic N) is 12. The summed E-state index contributed by atoms with van der Waals surface area (Å²) < 4.78 is 55.5. The van der Waals surface area contributed by atoms with Gasteiger partial charge in [0.15, 0.2) is 11.3 Å². The molecule has 648 valence electrons. The van der Waals surface area contributed by atoms with Gasteiger partial charge in [-0.05, 0) is 168 Å². The van der Waals surface area contributed by atoms with Crippen LogP contribution in [0.25, 0.3) is 66.3 Å². The average Bonchev–Trinajstić information content (AvgIpc) is 1.60. The van der Waals surface area contributed by atoms with Crippen molar-refractivity contribution >= 4 is 218 Å². The van der Waals surface area contributed by atoms with E-state index in [1.54, 1.807) is 112 Å². The Hall–Kier alpha value is -11.7. The number of nitrogens with one attached hydrogen (secondary N) is 6. The van der Waals surface area contributed by atoms with Crippen LogP contribution in [0.4, 0.5) is 29.1 Å². The topological polar surface area (TPSA) is 327 Å². The van der Waals surface area contributed by atoms with Crippen LogP contribution in [-0.4, -0.2) is 123 Å². The molecule has 0 bridgehead atoms. The maximum atomic E-state index is 13.3. The summed E-state index contributed by atoms with van der Waals surface area (Å²) in [6, 6.07) is 94.7. The SMILES string of the molecule is CNc1nc(Cl)nc2c1c(-c1cccnc1)cn2S(=O)(=O)c1ccc(C)cc1.CNc1nc(Cl)nc2c1c(I)cn2S(=O)(=O)c1ccc(C)cc1.CNc1nc(Nc2ccc3cn[nH]c3c2)nc2[nH]cc(-c3cccnc3)c12.OB(O)c1cccnc1.[Cl][Pd][Cl].c1ccc(P(c2ccccc2)c2ccccc2)cc1.c1ccc(P(c2ccccc2)c2ccccc2)cc1. The van der Waals surface area contributed by atoms with Crippen LogP contribution in [0.3, 0.4) is 0 Å². The predicted molar refractivity (Wildman–Crippen MR) is 530 cm³/mol. The van der Waals surface area contributed by atoms with Crippen molar-refractivity contribution in [2.24, 2.45) is 0 Å². The minimum absolute atomic E-state index is 0.0169. The van der Waals surface area contributed by atoms with Crippen molar-refractivity contribution in [3.63, 3.8) is 0 Å². The second-order valence-corrected chi connectivity index (χ2v) is 39.8. The van der Waals surface area contributed by atoms with E-state index in [-0.39, 0.29) is 47.6 Å². The Kier molecular flexibility index (Phi) is 33.2. The largest absolute Gasteiger partial charge is 0.0622 e. The molecule has 24 nitrogen and oxygen atoms in total. The van der Waals surface area contributed by atoms with Gasteiger partial charge in [0.2, 0.25) is 16.5 Å². The van der Waals surface area contributed by atoms with Crippen molar-refractivity contribution in [3.8, 4) is 22.3 Å². The third-order valence-corrected chi connectivity index (χ3v) is 28.6. The zero-order valence-electron chi connectivity index (χ0n) is 68.8. The molecule has 128 heavy (non-hydrogen) atoms. The molecule has 35 heteroatoms. The molecule has 0 unspecified atom stereocenters. The first kappa shape index (κ1) is 93.9. The zero-order valence-corrected chi connectivity index (χ0v) is 79.0. The molecule has 0 amide bonds. The summed E-state index contributed by atoms with van der Waals surface area (Å²) in [5, 5.41) is 47.9. The molecule has 10 aromatic heterocycles. The predicted octanol–water partition coefficient (Wildman–Crippen LogP) is 17.7. The molecule has 0 atom stereocenters. The van der Waals surface area contributed by atoms with Crippen LogP contribution in [0, 0.1) is 17.4 Å². The molecule has 0 spiro atoms. The zero-order chi connectivity index (χ0) is 90.1. The number of H-pyrrole nitrogens is 2. The number of halogens is 5. The fourth-order valence-corrected chi connectivity index (χ4v) is 21.8. The molecule has 19 rings (SSSR count). The molecule has 9 aromatic carbocycles. The summed E-state index contributed by atoms with van der Waals surface area (Å²) in [6.45, 7) is 3.80. The number of pyridine rings is 3. The number of rotatable bonds is 18. The van der Waals surface area contributed by atoms with E-state index >= 15 is 0 Å². The standard InChI is InChI=1S/C19H16ClN5O2S.C19H16N8.2C18H15P.C14H12ClIN4O2S.C5H6BNO2.2ClH.Pd/c1-12-5-7-14(8-6-12)28(26,27)25-11-15(13-4-3-9-22-10-13)16-17(21-2)23-19(20)24-18(16)25;1-20-17-16-14(11-3-2-6-21-8-11)10-22-18(16)26-19(25-17)24-13-5-4-12-9-23-27-15(12)7-13;2*1-4-10-16(11-5-1)19(17-12-6-2-7-13-17)18-14-8-3-9-15-18;1-8-3-5-9(6-4-8)23(21,22)20-7-10(16)11-12(17-2)18-14(15)19-13(11)20;8-6(9)5-2-1-3-7-4-5;;;/h3-11H,1-2H3,(H,21,23,24);2-10H,1H3,(H,23,27)(H3,20,22,24,25,26);2*1-15H;3-7H,1-2H3,(H,17,18,19);1-4,8-9H;2*1H;/q;;;;;;;;+2/p-2. The van der Waals surface area contributed by atoms with E-state index in [2.05, 4.69) is 286 Å². The smallest absolute Gasteiger partial charge is 0.0134 e. The van der Waals surface area contributed by atoms with Crippen LogP contribution < -0.4 is 58.6 Å². The van der Waals surface area contributed by atoms with Gasteiger partial charge in [-0.3, -0.25) is 20.1 Å². The Morgan fingerprint density at radius 2 is 0.844 bits per heavy atom. The first-order valence-electron chi connectivity index (χ1n) is 39.1. The van der Waals surface area contributed by atoms with E-state index in [1.165, 1.54) is 50.4 Å². The minimum Gasteiger partial charge on any atom is -0.0622 e. The Bertz CT molecular complexity index is 6770. The maximum absolute atomic E-state index is 13.3.